The Morgan fingerprint density at radius 2 is 1.79 bits per heavy atom. The summed E-state index contributed by atoms with van der Waals surface area (Å²) in [5.74, 6) is 0.818. The molecule has 0 saturated carbocycles. The van der Waals surface area contributed by atoms with Gasteiger partial charge in [-0.15, -0.1) is 0 Å². The van der Waals surface area contributed by atoms with E-state index in [1.54, 1.807) is 19.3 Å². The maximum absolute atomic E-state index is 12.7. The molecular formula is C21H23ClN4O2. The number of rotatable bonds is 3. The minimum Gasteiger partial charge on any atom is -0.339 e. The Morgan fingerprint density at radius 1 is 1.14 bits per heavy atom. The molecule has 0 unspecified atom stereocenters. The van der Waals surface area contributed by atoms with Crippen molar-refractivity contribution >= 4 is 23.4 Å². The molecule has 0 bridgehead atoms. The Labute approximate surface area is 169 Å². The van der Waals surface area contributed by atoms with Gasteiger partial charge in [0.2, 0.25) is 5.91 Å². The Hall–Kier alpha value is -2.47. The SMILES string of the molecule is Cc1ncc(C(=O)N2CCC3(CC2)CC(=O)N(Cc2ccc(Cl)cc2)C3)cn1. The van der Waals surface area contributed by atoms with Gasteiger partial charge in [0.1, 0.15) is 5.82 Å². The molecule has 0 N–H and O–H groups in total. The summed E-state index contributed by atoms with van der Waals surface area (Å²) in [4.78, 5) is 37.3. The molecular weight excluding hydrogens is 376 g/mol. The van der Waals surface area contributed by atoms with Gasteiger partial charge in [0.15, 0.2) is 0 Å². The monoisotopic (exact) mass is 398 g/mol. The van der Waals surface area contributed by atoms with Crippen LogP contribution in [0, 0.1) is 12.3 Å². The largest absolute Gasteiger partial charge is 0.339 e. The molecule has 146 valence electrons. The van der Waals surface area contributed by atoms with Crippen molar-refractivity contribution < 1.29 is 9.59 Å². The summed E-state index contributed by atoms with van der Waals surface area (Å²) in [5.41, 5.74) is 1.58. The van der Waals surface area contributed by atoms with Gasteiger partial charge in [-0.1, -0.05) is 23.7 Å². The Kier molecular flexibility index (Phi) is 5.06. The van der Waals surface area contributed by atoms with Crippen LogP contribution in [0.25, 0.3) is 0 Å². The number of hydrogen-bond acceptors (Lipinski definition) is 4. The highest BCUT2D eigenvalue weighted by Gasteiger charge is 2.45. The molecule has 28 heavy (non-hydrogen) atoms. The summed E-state index contributed by atoms with van der Waals surface area (Å²) in [6, 6.07) is 7.63. The average molecular weight is 399 g/mol. The van der Waals surface area contributed by atoms with Gasteiger partial charge < -0.3 is 9.80 Å². The lowest BCUT2D eigenvalue weighted by Crippen LogP contribution is -2.44. The van der Waals surface area contributed by atoms with Crippen molar-refractivity contribution in [3.63, 3.8) is 0 Å². The van der Waals surface area contributed by atoms with Gasteiger partial charge in [-0.2, -0.15) is 0 Å². The molecule has 7 heteroatoms. The van der Waals surface area contributed by atoms with E-state index in [-0.39, 0.29) is 17.2 Å². The van der Waals surface area contributed by atoms with Crippen LogP contribution in [-0.2, 0) is 11.3 Å². The van der Waals surface area contributed by atoms with Gasteiger partial charge >= 0.3 is 0 Å². The van der Waals surface area contributed by atoms with E-state index < -0.39 is 0 Å². The van der Waals surface area contributed by atoms with Gasteiger partial charge in [-0.25, -0.2) is 9.97 Å². The zero-order valence-electron chi connectivity index (χ0n) is 15.9. The van der Waals surface area contributed by atoms with Crippen molar-refractivity contribution in [3.8, 4) is 0 Å². The Bertz CT molecular complexity index is 874. The number of amides is 2. The third-order valence-corrected chi connectivity index (χ3v) is 6.08. The van der Waals surface area contributed by atoms with Crippen molar-refractivity contribution in [2.45, 2.75) is 32.7 Å². The van der Waals surface area contributed by atoms with Crippen LogP contribution in [0.2, 0.25) is 5.02 Å². The van der Waals surface area contributed by atoms with Crippen molar-refractivity contribution in [2.24, 2.45) is 5.41 Å². The molecule has 1 spiro atoms. The fourth-order valence-electron chi connectivity index (χ4n) is 4.14. The minimum atomic E-state index is -0.0304. The number of aromatic nitrogens is 2. The second-order valence-corrected chi connectivity index (χ2v) is 8.30. The van der Waals surface area contributed by atoms with Crippen LogP contribution < -0.4 is 0 Å². The average Bonchev–Trinajstić information content (AvgIpc) is 2.99. The number of aryl methyl sites for hydroxylation is 1. The minimum absolute atomic E-state index is 0.0237. The van der Waals surface area contributed by atoms with Crippen molar-refractivity contribution in [1.82, 2.24) is 19.8 Å². The van der Waals surface area contributed by atoms with Crippen molar-refractivity contribution in [1.29, 1.82) is 0 Å². The standard InChI is InChI=1S/C21H23ClN4O2/c1-15-23-11-17(12-24-15)20(28)25-8-6-21(7-9-25)10-19(27)26(14-21)13-16-2-4-18(22)5-3-16/h2-5,11-12H,6-10,13-14H2,1H3. The lowest BCUT2D eigenvalue weighted by atomic mass is 9.77. The predicted molar refractivity (Wildman–Crippen MR) is 106 cm³/mol. The maximum atomic E-state index is 12.7. The van der Waals surface area contributed by atoms with E-state index >= 15 is 0 Å². The van der Waals surface area contributed by atoms with Crippen LogP contribution in [-0.4, -0.2) is 51.2 Å². The van der Waals surface area contributed by atoms with Gasteiger partial charge in [-0.05, 0) is 37.5 Å². The van der Waals surface area contributed by atoms with Crippen LogP contribution in [0.4, 0.5) is 0 Å². The number of halogens is 1. The van der Waals surface area contributed by atoms with Gasteiger partial charge in [0.25, 0.3) is 5.91 Å². The Morgan fingerprint density at radius 3 is 2.43 bits per heavy atom. The second-order valence-electron chi connectivity index (χ2n) is 7.86. The molecule has 2 amide bonds. The summed E-state index contributed by atoms with van der Waals surface area (Å²) in [7, 11) is 0. The van der Waals surface area contributed by atoms with Crippen LogP contribution in [0.3, 0.4) is 0 Å². The number of benzene rings is 1. The fraction of sp³-hybridized carbons (Fsp3) is 0.429. The smallest absolute Gasteiger partial charge is 0.256 e. The highest BCUT2D eigenvalue weighted by molar-refractivity contribution is 6.30. The summed E-state index contributed by atoms with van der Waals surface area (Å²) in [6.45, 7) is 4.49. The van der Waals surface area contributed by atoms with E-state index in [4.69, 9.17) is 11.6 Å². The first-order valence-electron chi connectivity index (χ1n) is 9.54. The lowest BCUT2D eigenvalue weighted by Gasteiger charge is -2.38. The van der Waals surface area contributed by atoms with Crippen molar-refractivity contribution in [2.75, 3.05) is 19.6 Å². The molecule has 2 aromatic rings. The van der Waals surface area contributed by atoms with Crippen LogP contribution >= 0.6 is 11.6 Å². The van der Waals surface area contributed by atoms with Crippen LogP contribution in [0.15, 0.2) is 36.7 Å². The summed E-state index contributed by atoms with van der Waals surface area (Å²) < 4.78 is 0. The summed E-state index contributed by atoms with van der Waals surface area (Å²) in [5, 5.41) is 0.698. The zero-order valence-corrected chi connectivity index (χ0v) is 16.7. The number of nitrogens with zero attached hydrogens (tertiary/aromatic N) is 4. The maximum Gasteiger partial charge on any atom is 0.256 e. The molecule has 0 atom stereocenters. The molecule has 2 aliphatic heterocycles. The zero-order chi connectivity index (χ0) is 19.7. The van der Waals surface area contributed by atoms with E-state index in [0.29, 0.717) is 42.5 Å². The van der Waals surface area contributed by atoms with E-state index in [1.807, 2.05) is 34.1 Å². The van der Waals surface area contributed by atoms with Crippen molar-refractivity contribution in [3.05, 3.63) is 58.6 Å². The van der Waals surface area contributed by atoms with Gasteiger partial charge in [-0.3, -0.25) is 9.59 Å². The first-order valence-corrected chi connectivity index (χ1v) is 9.92. The molecule has 3 heterocycles. The van der Waals surface area contributed by atoms with Gasteiger partial charge in [0.05, 0.1) is 5.56 Å². The second kappa shape index (κ2) is 7.51. The van der Waals surface area contributed by atoms with E-state index in [1.165, 1.54) is 0 Å². The molecule has 2 fully saturated rings. The molecule has 2 saturated heterocycles. The van der Waals surface area contributed by atoms with E-state index in [2.05, 4.69) is 9.97 Å². The first kappa shape index (κ1) is 18.9. The molecule has 1 aromatic heterocycles. The summed E-state index contributed by atoms with van der Waals surface area (Å²) >= 11 is 5.94. The molecule has 2 aliphatic rings. The third-order valence-electron chi connectivity index (χ3n) is 5.83. The number of piperidine rings is 1. The van der Waals surface area contributed by atoms with Crippen LogP contribution in [0.1, 0.15) is 41.0 Å². The lowest BCUT2D eigenvalue weighted by molar-refractivity contribution is -0.128. The number of carbonyl (C=O) groups excluding carboxylic acids is 2. The van der Waals surface area contributed by atoms with E-state index in [9.17, 15) is 9.59 Å². The van der Waals surface area contributed by atoms with E-state index in [0.717, 1.165) is 24.9 Å². The normalized spacial score (nSPS) is 18.7. The number of hydrogen-bond donors (Lipinski definition) is 0. The summed E-state index contributed by atoms with van der Waals surface area (Å²) in [6.07, 6.45) is 5.42. The van der Waals surface area contributed by atoms with Gasteiger partial charge in [0, 0.05) is 55.4 Å². The fourth-order valence-corrected chi connectivity index (χ4v) is 4.27. The first-order chi connectivity index (χ1) is 13.4. The highest BCUT2D eigenvalue weighted by atomic mass is 35.5. The molecule has 6 nitrogen and oxygen atoms in total. The molecule has 4 rings (SSSR count). The molecule has 1 aromatic carbocycles. The van der Waals surface area contributed by atoms with Crippen LogP contribution in [0.5, 0.6) is 0 Å². The molecule has 0 aliphatic carbocycles. The predicted octanol–water partition coefficient (Wildman–Crippen LogP) is 3.09. The third kappa shape index (κ3) is 3.87. The number of carbonyl (C=O) groups is 2. The quantitative estimate of drug-likeness (QED) is 0.796. The topological polar surface area (TPSA) is 66.4 Å². The highest BCUT2D eigenvalue weighted by Crippen LogP contribution is 2.41. The molecule has 0 radical (unpaired) electrons. The number of likely N-dealkylation sites (tertiary alicyclic amines) is 2. The Balaban J connectivity index is 1.37.